The maximum atomic E-state index is 12.3. The topological polar surface area (TPSA) is 66.2 Å². The summed E-state index contributed by atoms with van der Waals surface area (Å²) in [6.07, 6.45) is -0.338. The lowest BCUT2D eigenvalue weighted by atomic mass is 10.1. The van der Waals surface area contributed by atoms with Crippen molar-refractivity contribution in [2.75, 3.05) is 12.9 Å². The standard InChI is InChI=1S/C20H20ClN3O3S/c1-13(27-18-7-5-4-6-17(18)26-3)19-22-23-20(24(19)2)28-12-16(25)14-8-10-15(21)11-9-14/h4-11,13H,12H2,1-3H3. The molecule has 3 rings (SSSR count). The molecule has 1 atom stereocenters. The summed E-state index contributed by atoms with van der Waals surface area (Å²) < 4.78 is 13.1. The van der Waals surface area contributed by atoms with E-state index in [9.17, 15) is 4.79 Å². The van der Waals surface area contributed by atoms with Gasteiger partial charge in [-0.15, -0.1) is 10.2 Å². The van der Waals surface area contributed by atoms with Crippen LogP contribution in [0.3, 0.4) is 0 Å². The van der Waals surface area contributed by atoms with Gasteiger partial charge < -0.3 is 14.0 Å². The van der Waals surface area contributed by atoms with E-state index in [1.165, 1.54) is 11.8 Å². The number of ether oxygens (including phenoxy) is 2. The maximum absolute atomic E-state index is 12.3. The second kappa shape index (κ2) is 9.12. The van der Waals surface area contributed by atoms with Gasteiger partial charge in [0.05, 0.1) is 12.9 Å². The molecule has 0 fully saturated rings. The molecule has 1 unspecified atom stereocenters. The molecule has 146 valence electrons. The third-order valence-electron chi connectivity index (χ3n) is 4.10. The van der Waals surface area contributed by atoms with Gasteiger partial charge in [-0.1, -0.05) is 35.5 Å². The number of para-hydroxylation sites is 2. The Morgan fingerprint density at radius 2 is 1.82 bits per heavy atom. The van der Waals surface area contributed by atoms with Crippen molar-refractivity contribution < 1.29 is 14.3 Å². The van der Waals surface area contributed by atoms with Crippen LogP contribution in [-0.2, 0) is 7.05 Å². The van der Waals surface area contributed by atoms with E-state index in [1.54, 1.807) is 31.4 Å². The molecule has 3 aromatic rings. The van der Waals surface area contributed by atoms with Crippen LogP contribution >= 0.6 is 23.4 Å². The summed E-state index contributed by atoms with van der Waals surface area (Å²) >= 11 is 7.19. The number of benzene rings is 2. The lowest BCUT2D eigenvalue weighted by Gasteiger charge is -2.16. The Labute approximate surface area is 172 Å². The van der Waals surface area contributed by atoms with Crippen LogP contribution in [0.1, 0.15) is 29.2 Å². The minimum atomic E-state index is -0.338. The van der Waals surface area contributed by atoms with Gasteiger partial charge >= 0.3 is 0 Å². The van der Waals surface area contributed by atoms with E-state index in [1.807, 2.05) is 42.8 Å². The number of thioether (sulfide) groups is 1. The van der Waals surface area contributed by atoms with E-state index in [0.717, 1.165) is 0 Å². The van der Waals surface area contributed by atoms with Crippen molar-refractivity contribution >= 4 is 29.1 Å². The van der Waals surface area contributed by atoms with Gasteiger partial charge in [0.1, 0.15) is 0 Å². The number of carbonyl (C=O) groups excluding carboxylic acids is 1. The van der Waals surface area contributed by atoms with Crippen molar-refractivity contribution in [2.24, 2.45) is 7.05 Å². The Morgan fingerprint density at radius 1 is 1.14 bits per heavy atom. The van der Waals surface area contributed by atoms with Crippen LogP contribution in [0.15, 0.2) is 53.7 Å². The van der Waals surface area contributed by atoms with E-state index in [4.69, 9.17) is 21.1 Å². The zero-order chi connectivity index (χ0) is 20.1. The summed E-state index contributed by atoms with van der Waals surface area (Å²) in [5, 5.41) is 9.67. The molecule has 0 radical (unpaired) electrons. The van der Waals surface area contributed by atoms with Gasteiger partial charge in [0.2, 0.25) is 0 Å². The Hall–Kier alpha value is -2.51. The van der Waals surface area contributed by atoms with E-state index >= 15 is 0 Å². The summed E-state index contributed by atoms with van der Waals surface area (Å²) in [5.74, 6) is 2.21. The third-order valence-corrected chi connectivity index (χ3v) is 5.38. The van der Waals surface area contributed by atoms with Crippen LogP contribution in [0.2, 0.25) is 5.02 Å². The molecule has 28 heavy (non-hydrogen) atoms. The quantitative estimate of drug-likeness (QED) is 0.394. The molecule has 1 aromatic heterocycles. The highest BCUT2D eigenvalue weighted by atomic mass is 35.5. The van der Waals surface area contributed by atoms with Crippen molar-refractivity contribution in [3.8, 4) is 11.5 Å². The predicted octanol–water partition coefficient (Wildman–Crippen LogP) is 4.59. The monoisotopic (exact) mass is 417 g/mol. The molecule has 0 amide bonds. The van der Waals surface area contributed by atoms with Crippen LogP contribution in [-0.4, -0.2) is 33.4 Å². The van der Waals surface area contributed by atoms with Gasteiger partial charge in [-0.05, 0) is 43.3 Å². The lowest BCUT2D eigenvalue weighted by Crippen LogP contribution is -2.11. The lowest BCUT2D eigenvalue weighted by molar-refractivity contribution is 0.102. The van der Waals surface area contributed by atoms with Crippen LogP contribution in [0.4, 0.5) is 0 Å². The first-order chi connectivity index (χ1) is 13.5. The van der Waals surface area contributed by atoms with Gasteiger partial charge in [-0.25, -0.2) is 0 Å². The fourth-order valence-electron chi connectivity index (χ4n) is 2.61. The first-order valence-corrected chi connectivity index (χ1v) is 9.96. The maximum Gasteiger partial charge on any atom is 0.191 e. The average molecular weight is 418 g/mol. The highest BCUT2D eigenvalue weighted by molar-refractivity contribution is 7.99. The summed E-state index contributed by atoms with van der Waals surface area (Å²) in [6.45, 7) is 1.89. The molecule has 0 saturated heterocycles. The molecular weight excluding hydrogens is 398 g/mol. The second-order valence-electron chi connectivity index (χ2n) is 6.03. The first-order valence-electron chi connectivity index (χ1n) is 8.60. The Bertz CT molecular complexity index is 960. The molecule has 0 N–H and O–H groups in total. The number of rotatable bonds is 8. The number of aromatic nitrogens is 3. The summed E-state index contributed by atoms with van der Waals surface area (Å²) in [6, 6.07) is 14.3. The average Bonchev–Trinajstić information content (AvgIpc) is 3.07. The van der Waals surface area contributed by atoms with Crippen LogP contribution in [0.25, 0.3) is 0 Å². The minimum Gasteiger partial charge on any atom is -0.493 e. The van der Waals surface area contributed by atoms with Gasteiger partial charge in [0.25, 0.3) is 0 Å². The Kier molecular flexibility index (Phi) is 6.59. The number of nitrogens with zero attached hydrogens (tertiary/aromatic N) is 3. The number of carbonyl (C=O) groups is 1. The molecule has 0 aliphatic rings. The zero-order valence-corrected chi connectivity index (χ0v) is 17.3. The molecule has 0 saturated carbocycles. The molecule has 0 aliphatic heterocycles. The summed E-state index contributed by atoms with van der Waals surface area (Å²) in [4.78, 5) is 12.3. The molecular formula is C20H20ClN3O3S. The summed E-state index contributed by atoms with van der Waals surface area (Å²) in [5.41, 5.74) is 0.618. The second-order valence-corrected chi connectivity index (χ2v) is 7.41. The van der Waals surface area contributed by atoms with E-state index in [2.05, 4.69) is 10.2 Å². The Balaban J connectivity index is 1.66. The first kappa shape index (κ1) is 20.2. The van der Waals surface area contributed by atoms with Gasteiger partial charge in [0.15, 0.2) is 34.4 Å². The fourth-order valence-corrected chi connectivity index (χ4v) is 3.55. The minimum absolute atomic E-state index is 0.00420. The van der Waals surface area contributed by atoms with E-state index < -0.39 is 0 Å². The van der Waals surface area contributed by atoms with Crippen LogP contribution in [0.5, 0.6) is 11.5 Å². The number of hydrogen-bond acceptors (Lipinski definition) is 6. The van der Waals surface area contributed by atoms with Gasteiger partial charge in [-0.2, -0.15) is 0 Å². The molecule has 6 nitrogen and oxygen atoms in total. The smallest absolute Gasteiger partial charge is 0.191 e. The zero-order valence-electron chi connectivity index (χ0n) is 15.8. The molecule has 0 spiro atoms. The van der Waals surface area contributed by atoms with Crippen molar-refractivity contribution in [3.63, 3.8) is 0 Å². The number of halogens is 1. The number of hydrogen-bond donors (Lipinski definition) is 0. The normalized spacial score (nSPS) is 11.9. The molecule has 1 heterocycles. The number of ketones is 1. The SMILES string of the molecule is COc1ccccc1OC(C)c1nnc(SCC(=O)c2ccc(Cl)cc2)n1C. The largest absolute Gasteiger partial charge is 0.493 e. The number of Topliss-reactive ketones (excluding diaryl/α,β-unsaturated/α-hetero) is 1. The molecule has 2 aromatic carbocycles. The van der Waals surface area contributed by atoms with Gasteiger partial charge in [0, 0.05) is 17.6 Å². The van der Waals surface area contributed by atoms with Crippen molar-refractivity contribution in [1.29, 1.82) is 0 Å². The molecule has 0 aliphatic carbocycles. The highest BCUT2D eigenvalue weighted by Gasteiger charge is 2.19. The Morgan fingerprint density at radius 3 is 2.50 bits per heavy atom. The number of methoxy groups -OCH3 is 1. The van der Waals surface area contributed by atoms with Crippen molar-refractivity contribution in [1.82, 2.24) is 14.8 Å². The molecule has 0 bridgehead atoms. The van der Waals surface area contributed by atoms with E-state index in [-0.39, 0.29) is 17.6 Å². The van der Waals surface area contributed by atoms with Gasteiger partial charge in [-0.3, -0.25) is 4.79 Å². The summed E-state index contributed by atoms with van der Waals surface area (Å²) in [7, 11) is 3.45. The van der Waals surface area contributed by atoms with Crippen LogP contribution < -0.4 is 9.47 Å². The third kappa shape index (κ3) is 4.66. The predicted molar refractivity (Wildman–Crippen MR) is 110 cm³/mol. The van der Waals surface area contributed by atoms with Crippen molar-refractivity contribution in [2.45, 2.75) is 18.2 Å². The molecule has 8 heteroatoms. The highest BCUT2D eigenvalue weighted by Crippen LogP contribution is 2.30. The fraction of sp³-hybridized carbons (Fsp3) is 0.250. The van der Waals surface area contributed by atoms with Crippen molar-refractivity contribution in [3.05, 3.63) is 64.9 Å². The van der Waals surface area contributed by atoms with Crippen LogP contribution in [0, 0.1) is 0 Å². The van der Waals surface area contributed by atoms with E-state index in [0.29, 0.717) is 33.1 Å².